The van der Waals surface area contributed by atoms with Crippen molar-refractivity contribution < 1.29 is 22.7 Å². The largest absolute Gasteiger partial charge is 0.493 e. The number of halogens is 1. The van der Waals surface area contributed by atoms with Crippen molar-refractivity contribution >= 4 is 10.0 Å². The standard InChI is InChI=1S/C16H16FNO4S/c17-13-6-2-4-8-15(13)23(20,21)18-11-16(19)9-10-22-14-7-3-1-5-12(14)16/h1-8,18-19H,9-11H2/t16-/m1/s1. The number of benzene rings is 2. The molecule has 0 aliphatic carbocycles. The first-order chi connectivity index (χ1) is 10.9. The van der Waals surface area contributed by atoms with Gasteiger partial charge in [0.15, 0.2) is 0 Å². The Hall–Kier alpha value is -1.96. The van der Waals surface area contributed by atoms with Gasteiger partial charge in [-0.25, -0.2) is 17.5 Å². The second-order valence-corrected chi connectivity index (χ2v) is 7.12. The fourth-order valence-corrected chi connectivity index (χ4v) is 3.75. The van der Waals surface area contributed by atoms with E-state index in [0.29, 0.717) is 11.3 Å². The molecule has 0 fully saturated rings. The topological polar surface area (TPSA) is 75.6 Å². The zero-order valence-corrected chi connectivity index (χ0v) is 13.0. The van der Waals surface area contributed by atoms with Crippen LogP contribution in [-0.2, 0) is 15.6 Å². The van der Waals surface area contributed by atoms with Gasteiger partial charge in [-0.2, -0.15) is 0 Å². The zero-order chi connectivity index (χ0) is 16.5. The van der Waals surface area contributed by atoms with Crippen molar-refractivity contribution in [1.82, 2.24) is 4.72 Å². The predicted octanol–water partition coefficient (Wildman–Crippen LogP) is 1.77. The molecule has 5 nitrogen and oxygen atoms in total. The summed E-state index contributed by atoms with van der Waals surface area (Å²) in [4.78, 5) is -0.441. The Labute approximate surface area is 133 Å². The Morgan fingerprint density at radius 3 is 2.65 bits per heavy atom. The van der Waals surface area contributed by atoms with Crippen molar-refractivity contribution in [1.29, 1.82) is 0 Å². The fraction of sp³-hybridized carbons (Fsp3) is 0.250. The van der Waals surface area contributed by atoms with Gasteiger partial charge in [-0.3, -0.25) is 0 Å². The maximum Gasteiger partial charge on any atom is 0.243 e. The van der Waals surface area contributed by atoms with Crippen LogP contribution in [0, 0.1) is 5.82 Å². The minimum Gasteiger partial charge on any atom is -0.493 e. The number of fused-ring (bicyclic) bond motifs is 1. The highest BCUT2D eigenvalue weighted by Crippen LogP contribution is 2.36. The fourth-order valence-electron chi connectivity index (χ4n) is 2.58. The van der Waals surface area contributed by atoms with Crippen LogP contribution >= 0.6 is 0 Å². The Kier molecular flexibility index (Phi) is 4.09. The van der Waals surface area contributed by atoms with E-state index >= 15 is 0 Å². The zero-order valence-electron chi connectivity index (χ0n) is 12.2. The molecule has 1 aliphatic heterocycles. The Morgan fingerprint density at radius 1 is 1.17 bits per heavy atom. The van der Waals surface area contributed by atoms with E-state index in [1.807, 2.05) is 0 Å². The lowest BCUT2D eigenvalue weighted by atomic mass is 9.88. The van der Waals surface area contributed by atoms with Crippen molar-refractivity contribution in [3.8, 4) is 5.75 Å². The number of para-hydroxylation sites is 1. The molecular weight excluding hydrogens is 321 g/mol. The van der Waals surface area contributed by atoms with Crippen LogP contribution in [0.2, 0.25) is 0 Å². The van der Waals surface area contributed by atoms with Crippen LogP contribution < -0.4 is 9.46 Å². The molecular formula is C16H16FNO4S. The molecule has 0 radical (unpaired) electrons. The first-order valence-corrected chi connectivity index (χ1v) is 8.60. The van der Waals surface area contributed by atoms with Crippen LogP contribution in [0.4, 0.5) is 4.39 Å². The molecule has 0 spiro atoms. The van der Waals surface area contributed by atoms with Gasteiger partial charge in [0.2, 0.25) is 10.0 Å². The van der Waals surface area contributed by atoms with E-state index in [-0.39, 0.29) is 19.6 Å². The third-order valence-corrected chi connectivity index (χ3v) is 5.28. The smallest absolute Gasteiger partial charge is 0.243 e. The highest BCUT2D eigenvalue weighted by molar-refractivity contribution is 7.89. The second-order valence-electron chi connectivity index (χ2n) is 5.38. The summed E-state index contributed by atoms with van der Waals surface area (Å²) in [6, 6.07) is 12.0. The molecule has 7 heteroatoms. The van der Waals surface area contributed by atoms with Gasteiger partial charge in [-0.1, -0.05) is 30.3 Å². The maximum atomic E-state index is 13.7. The number of sulfonamides is 1. The van der Waals surface area contributed by atoms with E-state index in [1.165, 1.54) is 18.2 Å². The lowest BCUT2D eigenvalue weighted by molar-refractivity contribution is 0.00218. The summed E-state index contributed by atoms with van der Waals surface area (Å²) >= 11 is 0. The van der Waals surface area contributed by atoms with Crippen LogP contribution in [0.15, 0.2) is 53.4 Å². The van der Waals surface area contributed by atoms with E-state index < -0.39 is 26.3 Å². The summed E-state index contributed by atoms with van der Waals surface area (Å²) in [6.07, 6.45) is 0.240. The minimum atomic E-state index is -4.06. The molecule has 122 valence electrons. The molecule has 1 atom stereocenters. The Morgan fingerprint density at radius 2 is 1.87 bits per heavy atom. The van der Waals surface area contributed by atoms with Crippen molar-refractivity contribution in [3.05, 3.63) is 59.9 Å². The predicted molar refractivity (Wildman–Crippen MR) is 82.0 cm³/mol. The van der Waals surface area contributed by atoms with Gasteiger partial charge in [0.05, 0.1) is 6.61 Å². The summed E-state index contributed by atoms with van der Waals surface area (Å²) in [7, 11) is -4.06. The lowest BCUT2D eigenvalue weighted by Crippen LogP contribution is -2.44. The maximum absolute atomic E-state index is 13.7. The molecule has 2 aromatic rings. The number of ether oxygens (including phenoxy) is 1. The van der Waals surface area contributed by atoms with Crippen LogP contribution in [-0.4, -0.2) is 26.7 Å². The summed E-state index contributed by atoms with van der Waals surface area (Å²) in [5, 5.41) is 10.8. The van der Waals surface area contributed by atoms with E-state index in [0.717, 1.165) is 6.07 Å². The van der Waals surface area contributed by atoms with Gasteiger partial charge in [0, 0.05) is 18.5 Å². The molecule has 0 aromatic heterocycles. The number of aliphatic hydroxyl groups is 1. The third kappa shape index (κ3) is 3.08. The monoisotopic (exact) mass is 337 g/mol. The summed E-state index contributed by atoms with van der Waals surface area (Å²) < 4.78 is 45.9. The van der Waals surface area contributed by atoms with E-state index in [9.17, 15) is 17.9 Å². The molecule has 3 rings (SSSR count). The van der Waals surface area contributed by atoms with Gasteiger partial charge in [-0.05, 0) is 18.2 Å². The molecule has 0 unspecified atom stereocenters. The molecule has 1 heterocycles. The van der Waals surface area contributed by atoms with Crippen molar-refractivity contribution in [2.45, 2.75) is 16.9 Å². The summed E-state index contributed by atoms with van der Waals surface area (Å²) in [5.41, 5.74) is -0.879. The van der Waals surface area contributed by atoms with Crippen LogP contribution in [0.1, 0.15) is 12.0 Å². The molecule has 2 N–H and O–H groups in total. The van der Waals surface area contributed by atoms with Gasteiger partial charge in [-0.15, -0.1) is 0 Å². The Bertz CT molecular complexity index is 824. The minimum absolute atomic E-state index is 0.240. The molecule has 0 saturated carbocycles. The normalized spacial score (nSPS) is 20.6. The van der Waals surface area contributed by atoms with Crippen molar-refractivity contribution in [2.75, 3.05) is 13.2 Å². The molecule has 23 heavy (non-hydrogen) atoms. The number of hydrogen-bond acceptors (Lipinski definition) is 4. The molecule has 2 aromatic carbocycles. The first-order valence-electron chi connectivity index (χ1n) is 7.11. The van der Waals surface area contributed by atoms with Crippen molar-refractivity contribution in [2.24, 2.45) is 0 Å². The average molecular weight is 337 g/mol. The second kappa shape index (κ2) is 5.92. The van der Waals surface area contributed by atoms with Gasteiger partial charge < -0.3 is 9.84 Å². The van der Waals surface area contributed by atoms with E-state index in [2.05, 4.69) is 4.72 Å². The quantitative estimate of drug-likeness (QED) is 0.892. The molecule has 0 amide bonds. The van der Waals surface area contributed by atoms with Crippen molar-refractivity contribution in [3.63, 3.8) is 0 Å². The number of nitrogens with one attached hydrogen (secondary N) is 1. The highest BCUT2D eigenvalue weighted by Gasteiger charge is 2.36. The average Bonchev–Trinajstić information content (AvgIpc) is 2.54. The SMILES string of the molecule is O=S(=O)(NC[C@]1(O)CCOc2ccccc21)c1ccccc1F. The lowest BCUT2D eigenvalue weighted by Gasteiger charge is -2.34. The molecule has 0 bridgehead atoms. The van der Waals surface area contributed by atoms with Crippen LogP contribution in [0.25, 0.3) is 0 Å². The van der Waals surface area contributed by atoms with E-state index in [1.54, 1.807) is 24.3 Å². The van der Waals surface area contributed by atoms with E-state index in [4.69, 9.17) is 4.74 Å². The summed E-state index contributed by atoms with van der Waals surface area (Å²) in [6.45, 7) is 0.0129. The highest BCUT2D eigenvalue weighted by atomic mass is 32.2. The first kappa shape index (κ1) is 15.9. The van der Waals surface area contributed by atoms with Crippen LogP contribution in [0.3, 0.4) is 0 Å². The Balaban J connectivity index is 1.85. The molecule has 1 aliphatic rings. The number of rotatable bonds is 4. The third-order valence-electron chi connectivity index (χ3n) is 3.84. The summed E-state index contributed by atoms with van der Waals surface area (Å²) in [5.74, 6) is -0.314. The van der Waals surface area contributed by atoms with Crippen LogP contribution in [0.5, 0.6) is 5.75 Å². The van der Waals surface area contributed by atoms with Gasteiger partial charge in [0.25, 0.3) is 0 Å². The number of hydrogen-bond donors (Lipinski definition) is 2. The van der Waals surface area contributed by atoms with Gasteiger partial charge in [0.1, 0.15) is 22.1 Å². The van der Waals surface area contributed by atoms with Gasteiger partial charge >= 0.3 is 0 Å². The molecule has 0 saturated heterocycles.